The Morgan fingerprint density at radius 3 is 2.67 bits per heavy atom. The number of hydrogen-bond acceptors (Lipinski definition) is 3. The number of carbonyl (C=O) groups excluding carboxylic acids is 2. The summed E-state index contributed by atoms with van der Waals surface area (Å²) in [5, 5.41) is 11.5. The number of benzene rings is 1. The van der Waals surface area contributed by atoms with Crippen LogP contribution in [0.4, 0.5) is 0 Å². The van der Waals surface area contributed by atoms with Gasteiger partial charge in [-0.2, -0.15) is 0 Å². The molecule has 0 aromatic heterocycles. The first-order valence-corrected chi connectivity index (χ1v) is 7.93. The standard InChI is InChI=1S/C18H22N2O4/c1-12(9-18(23)24)11-19-17(22)10-16-15-6-4-3-5-14(15)7-8-20(16)13(2)21/h3-8,12,16H,9-11H2,1-2H3,(H,19,22)(H,23,24). The first kappa shape index (κ1) is 17.7. The number of rotatable bonds is 6. The number of carboxylic acid groups (broad SMARTS) is 1. The second kappa shape index (κ2) is 7.77. The van der Waals surface area contributed by atoms with Crippen molar-refractivity contribution in [2.24, 2.45) is 5.92 Å². The molecule has 0 saturated carbocycles. The maximum absolute atomic E-state index is 12.3. The summed E-state index contributed by atoms with van der Waals surface area (Å²) in [6, 6.07) is 7.31. The maximum atomic E-state index is 12.3. The topological polar surface area (TPSA) is 86.7 Å². The summed E-state index contributed by atoms with van der Waals surface area (Å²) in [5.41, 5.74) is 1.93. The second-order valence-corrected chi connectivity index (χ2v) is 6.10. The lowest BCUT2D eigenvalue weighted by atomic mass is 9.93. The molecule has 2 N–H and O–H groups in total. The van der Waals surface area contributed by atoms with E-state index in [2.05, 4.69) is 5.32 Å². The Morgan fingerprint density at radius 1 is 1.29 bits per heavy atom. The van der Waals surface area contributed by atoms with Crippen molar-refractivity contribution in [1.82, 2.24) is 10.2 Å². The average molecular weight is 330 g/mol. The van der Waals surface area contributed by atoms with Crippen molar-refractivity contribution in [3.8, 4) is 0 Å². The summed E-state index contributed by atoms with van der Waals surface area (Å²) >= 11 is 0. The fourth-order valence-electron chi connectivity index (χ4n) is 2.82. The van der Waals surface area contributed by atoms with Gasteiger partial charge in [-0.3, -0.25) is 14.4 Å². The molecule has 1 aromatic rings. The minimum atomic E-state index is -0.883. The molecule has 1 aliphatic heterocycles. The van der Waals surface area contributed by atoms with Crippen molar-refractivity contribution in [1.29, 1.82) is 0 Å². The van der Waals surface area contributed by atoms with Gasteiger partial charge in [-0.25, -0.2) is 0 Å². The van der Waals surface area contributed by atoms with Gasteiger partial charge in [0.05, 0.1) is 12.5 Å². The Labute approximate surface area is 141 Å². The number of nitrogens with one attached hydrogen (secondary N) is 1. The number of fused-ring (bicyclic) bond motifs is 1. The normalized spacial score (nSPS) is 17.1. The van der Waals surface area contributed by atoms with E-state index < -0.39 is 5.97 Å². The Balaban J connectivity index is 2.05. The molecule has 0 spiro atoms. The van der Waals surface area contributed by atoms with Gasteiger partial charge in [-0.05, 0) is 23.1 Å². The molecule has 0 radical (unpaired) electrons. The molecular formula is C18H22N2O4. The Kier molecular flexibility index (Phi) is 5.73. The van der Waals surface area contributed by atoms with E-state index in [-0.39, 0.29) is 36.6 Å². The first-order chi connectivity index (χ1) is 11.4. The van der Waals surface area contributed by atoms with Gasteiger partial charge < -0.3 is 15.3 Å². The van der Waals surface area contributed by atoms with Crippen LogP contribution in [0, 0.1) is 5.92 Å². The monoisotopic (exact) mass is 330 g/mol. The van der Waals surface area contributed by atoms with Crippen LogP contribution in [0.25, 0.3) is 6.08 Å². The van der Waals surface area contributed by atoms with Crippen LogP contribution >= 0.6 is 0 Å². The number of carboxylic acids is 1. The third-order valence-corrected chi connectivity index (χ3v) is 4.02. The molecule has 1 heterocycles. The average Bonchev–Trinajstić information content (AvgIpc) is 2.52. The predicted octanol–water partition coefficient (Wildman–Crippen LogP) is 2.18. The molecule has 1 aromatic carbocycles. The molecule has 6 heteroatoms. The molecule has 6 nitrogen and oxygen atoms in total. The molecule has 0 saturated heterocycles. The van der Waals surface area contributed by atoms with Gasteiger partial charge >= 0.3 is 5.97 Å². The fourth-order valence-corrected chi connectivity index (χ4v) is 2.82. The number of hydrogen-bond donors (Lipinski definition) is 2. The van der Waals surface area contributed by atoms with Gasteiger partial charge in [0.2, 0.25) is 11.8 Å². The Bertz CT molecular complexity index is 669. The van der Waals surface area contributed by atoms with E-state index in [1.165, 1.54) is 6.92 Å². The smallest absolute Gasteiger partial charge is 0.303 e. The minimum absolute atomic E-state index is 0.00878. The molecule has 2 atom stereocenters. The highest BCUT2D eigenvalue weighted by molar-refractivity contribution is 5.81. The van der Waals surface area contributed by atoms with Crippen LogP contribution in [0.1, 0.15) is 43.9 Å². The largest absolute Gasteiger partial charge is 0.481 e. The van der Waals surface area contributed by atoms with E-state index in [0.29, 0.717) is 6.54 Å². The van der Waals surface area contributed by atoms with Crippen molar-refractivity contribution < 1.29 is 19.5 Å². The minimum Gasteiger partial charge on any atom is -0.481 e. The molecule has 2 amide bonds. The van der Waals surface area contributed by atoms with Crippen molar-refractivity contribution in [3.05, 3.63) is 41.6 Å². The molecule has 0 bridgehead atoms. The molecule has 0 aliphatic carbocycles. The first-order valence-electron chi connectivity index (χ1n) is 7.93. The van der Waals surface area contributed by atoms with Gasteiger partial charge in [0.25, 0.3) is 0 Å². The van der Waals surface area contributed by atoms with Crippen molar-refractivity contribution >= 4 is 23.9 Å². The number of carbonyl (C=O) groups is 3. The lowest BCUT2D eigenvalue weighted by Gasteiger charge is -2.32. The van der Waals surface area contributed by atoms with Crippen LogP contribution in [0.5, 0.6) is 0 Å². The van der Waals surface area contributed by atoms with E-state index >= 15 is 0 Å². The van der Waals surface area contributed by atoms with Crippen LogP contribution < -0.4 is 5.32 Å². The Hall–Kier alpha value is -2.63. The molecular weight excluding hydrogens is 308 g/mol. The predicted molar refractivity (Wildman–Crippen MR) is 89.8 cm³/mol. The third kappa shape index (κ3) is 4.44. The summed E-state index contributed by atoms with van der Waals surface area (Å²) in [4.78, 5) is 36.3. The van der Waals surface area contributed by atoms with E-state index in [4.69, 9.17) is 5.11 Å². The summed E-state index contributed by atoms with van der Waals surface area (Å²) in [7, 11) is 0. The van der Waals surface area contributed by atoms with Gasteiger partial charge in [0, 0.05) is 26.1 Å². The summed E-state index contributed by atoms with van der Waals surface area (Å²) in [6.07, 6.45) is 3.71. The highest BCUT2D eigenvalue weighted by atomic mass is 16.4. The molecule has 0 fully saturated rings. The molecule has 24 heavy (non-hydrogen) atoms. The van der Waals surface area contributed by atoms with Crippen LogP contribution in [0.15, 0.2) is 30.5 Å². The quantitative estimate of drug-likeness (QED) is 0.837. The molecule has 2 unspecified atom stereocenters. The van der Waals surface area contributed by atoms with E-state index in [1.54, 1.807) is 18.0 Å². The number of aliphatic carboxylic acids is 1. The zero-order chi connectivity index (χ0) is 17.7. The van der Waals surface area contributed by atoms with Crippen LogP contribution in [0.3, 0.4) is 0 Å². The zero-order valence-corrected chi connectivity index (χ0v) is 13.9. The third-order valence-electron chi connectivity index (χ3n) is 4.02. The lowest BCUT2D eigenvalue weighted by Crippen LogP contribution is -2.36. The van der Waals surface area contributed by atoms with Crippen molar-refractivity contribution in [2.45, 2.75) is 32.7 Å². The van der Waals surface area contributed by atoms with Gasteiger partial charge in [-0.15, -0.1) is 0 Å². The van der Waals surface area contributed by atoms with Gasteiger partial charge in [0.15, 0.2) is 0 Å². The summed E-state index contributed by atoms with van der Waals surface area (Å²) < 4.78 is 0. The number of amides is 2. The second-order valence-electron chi connectivity index (χ2n) is 6.10. The van der Waals surface area contributed by atoms with Crippen LogP contribution in [-0.2, 0) is 14.4 Å². The molecule has 128 valence electrons. The van der Waals surface area contributed by atoms with E-state index in [0.717, 1.165) is 11.1 Å². The van der Waals surface area contributed by atoms with Crippen molar-refractivity contribution in [2.75, 3.05) is 6.54 Å². The summed E-state index contributed by atoms with van der Waals surface area (Å²) in [6.45, 7) is 3.54. The van der Waals surface area contributed by atoms with Crippen LogP contribution in [-0.4, -0.2) is 34.3 Å². The lowest BCUT2D eigenvalue weighted by molar-refractivity contribution is -0.138. The zero-order valence-electron chi connectivity index (χ0n) is 13.9. The van der Waals surface area contributed by atoms with E-state index in [1.807, 2.05) is 30.3 Å². The molecule has 1 aliphatic rings. The highest BCUT2D eigenvalue weighted by Crippen LogP contribution is 2.32. The van der Waals surface area contributed by atoms with Gasteiger partial charge in [0.1, 0.15) is 0 Å². The molecule has 2 rings (SSSR count). The summed E-state index contributed by atoms with van der Waals surface area (Å²) in [5.74, 6) is -1.36. The highest BCUT2D eigenvalue weighted by Gasteiger charge is 2.28. The maximum Gasteiger partial charge on any atom is 0.303 e. The number of nitrogens with zero attached hydrogens (tertiary/aromatic N) is 1. The Morgan fingerprint density at radius 2 is 2.00 bits per heavy atom. The van der Waals surface area contributed by atoms with Crippen molar-refractivity contribution in [3.63, 3.8) is 0 Å². The van der Waals surface area contributed by atoms with Crippen LogP contribution in [0.2, 0.25) is 0 Å². The fraction of sp³-hybridized carbons (Fsp3) is 0.389. The SMILES string of the molecule is CC(=O)N1C=Cc2ccccc2C1CC(=O)NCC(C)CC(=O)O. The van der Waals surface area contributed by atoms with Gasteiger partial charge in [-0.1, -0.05) is 31.2 Å². The van der Waals surface area contributed by atoms with E-state index in [9.17, 15) is 14.4 Å².